The van der Waals surface area contributed by atoms with Gasteiger partial charge in [0.15, 0.2) is 0 Å². The molecule has 0 unspecified atom stereocenters. The predicted molar refractivity (Wildman–Crippen MR) is 109 cm³/mol. The second-order valence-electron chi connectivity index (χ2n) is 8.09. The third-order valence-corrected chi connectivity index (χ3v) is 6.00. The van der Waals surface area contributed by atoms with E-state index in [9.17, 15) is 9.59 Å². The Balaban J connectivity index is 1.66. The van der Waals surface area contributed by atoms with E-state index < -0.39 is 5.91 Å². The van der Waals surface area contributed by atoms with E-state index in [0.29, 0.717) is 18.3 Å². The highest BCUT2D eigenvalue weighted by Crippen LogP contribution is 2.46. The van der Waals surface area contributed by atoms with Crippen molar-refractivity contribution in [3.8, 4) is 0 Å². The van der Waals surface area contributed by atoms with Crippen molar-refractivity contribution in [2.75, 3.05) is 38.6 Å². The molecule has 29 heavy (non-hydrogen) atoms. The summed E-state index contributed by atoms with van der Waals surface area (Å²) in [6.45, 7) is 4.30. The number of urea groups is 1. The summed E-state index contributed by atoms with van der Waals surface area (Å²) in [7, 11) is 3.59. The number of hydrogen-bond acceptors (Lipinski definition) is 5. The molecule has 8 nitrogen and oxygen atoms in total. The lowest BCUT2D eigenvalue weighted by atomic mass is 9.88. The SMILES string of the molecule is Cc1ccccc1[C@H]1[C@@H]2CN(c3cncc(C(N)=O)n3)C[C@@H]2CN1C(=O)N(C)C. The molecule has 0 bridgehead atoms. The first-order valence-electron chi connectivity index (χ1n) is 9.77. The fourth-order valence-corrected chi connectivity index (χ4v) is 4.63. The number of carbonyl (C=O) groups excluding carboxylic acids is 2. The molecule has 2 aliphatic heterocycles. The molecule has 2 saturated heterocycles. The van der Waals surface area contributed by atoms with Gasteiger partial charge >= 0.3 is 6.03 Å². The Bertz CT molecular complexity index is 946. The normalized spacial score (nSPS) is 23.2. The van der Waals surface area contributed by atoms with Crippen LogP contribution in [0.2, 0.25) is 0 Å². The van der Waals surface area contributed by atoms with Gasteiger partial charge in [-0.1, -0.05) is 24.3 Å². The molecule has 0 radical (unpaired) electrons. The zero-order valence-corrected chi connectivity index (χ0v) is 16.9. The van der Waals surface area contributed by atoms with Crippen molar-refractivity contribution in [3.63, 3.8) is 0 Å². The maximum atomic E-state index is 12.9. The number of anilines is 1. The van der Waals surface area contributed by atoms with Crippen LogP contribution in [0.1, 0.15) is 27.7 Å². The minimum atomic E-state index is -0.584. The van der Waals surface area contributed by atoms with Crippen LogP contribution in [0.4, 0.5) is 10.6 Å². The van der Waals surface area contributed by atoms with Crippen LogP contribution in [0, 0.1) is 18.8 Å². The summed E-state index contributed by atoms with van der Waals surface area (Å²) in [5.41, 5.74) is 7.90. The van der Waals surface area contributed by atoms with E-state index in [4.69, 9.17) is 5.73 Å². The highest BCUT2D eigenvalue weighted by Gasteiger charge is 2.50. The van der Waals surface area contributed by atoms with Crippen molar-refractivity contribution >= 4 is 17.8 Å². The smallest absolute Gasteiger partial charge is 0.320 e. The maximum Gasteiger partial charge on any atom is 0.320 e. The number of carbonyl (C=O) groups is 2. The van der Waals surface area contributed by atoms with Crippen molar-refractivity contribution < 1.29 is 9.59 Å². The van der Waals surface area contributed by atoms with Gasteiger partial charge in [0.25, 0.3) is 5.91 Å². The van der Waals surface area contributed by atoms with E-state index in [2.05, 4.69) is 33.9 Å². The van der Waals surface area contributed by atoms with Crippen LogP contribution in [-0.2, 0) is 0 Å². The van der Waals surface area contributed by atoms with E-state index in [1.54, 1.807) is 25.2 Å². The zero-order chi connectivity index (χ0) is 20.7. The number of likely N-dealkylation sites (tertiary alicyclic amines) is 1. The Kier molecular flexibility index (Phi) is 4.86. The van der Waals surface area contributed by atoms with Crippen molar-refractivity contribution in [2.45, 2.75) is 13.0 Å². The molecular weight excluding hydrogens is 368 g/mol. The van der Waals surface area contributed by atoms with Crippen molar-refractivity contribution in [3.05, 3.63) is 53.5 Å². The van der Waals surface area contributed by atoms with Gasteiger partial charge in [-0.2, -0.15) is 0 Å². The summed E-state index contributed by atoms with van der Waals surface area (Å²) in [5.74, 6) is 0.672. The lowest BCUT2D eigenvalue weighted by Crippen LogP contribution is -2.41. The van der Waals surface area contributed by atoms with Gasteiger partial charge in [-0.25, -0.2) is 9.78 Å². The molecule has 1 aromatic carbocycles. The van der Waals surface area contributed by atoms with Crippen LogP contribution in [0.25, 0.3) is 0 Å². The number of hydrogen-bond donors (Lipinski definition) is 1. The lowest BCUT2D eigenvalue weighted by molar-refractivity contribution is 0.0995. The molecule has 1 aromatic heterocycles. The lowest BCUT2D eigenvalue weighted by Gasteiger charge is -2.32. The van der Waals surface area contributed by atoms with Gasteiger partial charge in [-0.05, 0) is 18.1 Å². The van der Waals surface area contributed by atoms with Crippen LogP contribution in [0.3, 0.4) is 0 Å². The van der Waals surface area contributed by atoms with Crippen molar-refractivity contribution in [1.29, 1.82) is 0 Å². The van der Waals surface area contributed by atoms with Gasteiger partial charge in [0.05, 0.1) is 18.4 Å². The monoisotopic (exact) mass is 394 g/mol. The molecule has 3 atom stereocenters. The number of primary amides is 1. The molecule has 0 spiro atoms. The largest absolute Gasteiger partial charge is 0.364 e. The number of amides is 3. The molecule has 2 N–H and O–H groups in total. The van der Waals surface area contributed by atoms with E-state index >= 15 is 0 Å². The number of fused-ring (bicyclic) bond motifs is 1. The van der Waals surface area contributed by atoms with Gasteiger partial charge in [-0.15, -0.1) is 0 Å². The Morgan fingerprint density at radius 1 is 1.14 bits per heavy atom. The second kappa shape index (κ2) is 7.35. The quantitative estimate of drug-likeness (QED) is 0.854. The topological polar surface area (TPSA) is 95.7 Å². The van der Waals surface area contributed by atoms with Crippen LogP contribution in [-0.4, -0.2) is 65.4 Å². The third-order valence-electron chi connectivity index (χ3n) is 6.00. The standard InChI is InChI=1S/C21H26N6O2/c1-13-6-4-5-7-15(13)19-16-12-26(18-9-23-8-17(24-18)20(22)28)10-14(16)11-27(19)21(29)25(2)3/h4-9,14,16,19H,10-12H2,1-3H3,(H2,22,28)/t14-,16-,19+/m1/s1. The molecule has 3 amide bonds. The van der Waals surface area contributed by atoms with Gasteiger partial charge < -0.3 is 20.4 Å². The van der Waals surface area contributed by atoms with E-state index in [1.807, 2.05) is 17.0 Å². The first kappa shape index (κ1) is 19.2. The number of nitrogens with zero attached hydrogens (tertiary/aromatic N) is 5. The van der Waals surface area contributed by atoms with Gasteiger partial charge in [0.1, 0.15) is 11.5 Å². The number of aryl methyl sites for hydroxylation is 1. The van der Waals surface area contributed by atoms with Crippen LogP contribution in [0.15, 0.2) is 36.7 Å². The minimum absolute atomic E-state index is 0.00776. The minimum Gasteiger partial charge on any atom is -0.364 e. The Labute approximate surface area is 170 Å². The molecule has 3 heterocycles. The maximum absolute atomic E-state index is 12.9. The van der Waals surface area contributed by atoms with Gasteiger partial charge in [-0.3, -0.25) is 9.78 Å². The third kappa shape index (κ3) is 3.39. The van der Waals surface area contributed by atoms with Crippen LogP contribution >= 0.6 is 0 Å². The molecule has 8 heteroatoms. The first-order valence-corrected chi connectivity index (χ1v) is 9.77. The van der Waals surface area contributed by atoms with E-state index in [1.165, 1.54) is 17.3 Å². The molecule has 2 aliphatic rings. The van der Waals surface area contributed by atoms with Crippen molar-refractivity contribution in [2.24, 2.45) is 17.6 Å². The Hall–Kier alpha value is -3.16. The number of benzene rings is 1. The summed E-state index contributed by atoms with van der Waals surface area (Å²) in [6.07, 6.45) is 3.05. The average Bonchev–Trinajstić information content (AvgIpc) is 3.26. The fourth-order valence-electron chi connectivity index (χ4n) is 4.63. The van der Waals surface area contributed by atoms with Gasteiger partial charge in [0, 0.05) is 45.6 Å². The number of aromatic nitrogens is 2. The van der Waals surface area contributed by atoms with Gasteiger partial charge in [0.2, 0.25) is 0 Å². The second-order valence-corrected chi connectivity index (χ2v) is 8.09. The molecule has 2 fully saturated rings. The first-order chi connectivity index (χ1) is 13.9. The zero-order valence-electron chi connectivity index (χ0n) is 16.9. The Morgan fingerprint density at radius 2 is 1.90 bits per heavy atom. The fraction of sp³-hybridized carbons (Fsp3) is 0.429. The summed E-state index contributed by atoms with van der Waals surface area (Å²) < 4.78 is 0. The van der Waals surface area contributed by atoms with E-state index in [-0.39, 0.29) is 23.7 Å². The van der Waals surface area contributed by atoms with Crippen LogP contribution < -0.4 is 10.6 Å². The van der Waals surface area contributed by atoms with Crippen LogP contribution in [0.5, 0.6) is 0 Å². The summed E-state index contributed by atoms with van der Waals surface area (Å²) >= 11 is 0. The predicted octanol–water partition coefficient (Wildman–Crippen LogP) is 1.67. The number of rotatable bonds is 3. The summed E-state index contributed by atoms with van der Waals surface area (Å²) in [6, 6.07) is 8.31. The van der Waals surface area contributed by atoms with E-state index in [0.717, 1.165) is 13.1 Å². The molecule has 4 rings (SSSR count). The summed E-state index contributed by atoms with van der Waals surface area (Å²) in [5, 5.41) is 0. The molecule has 2 aromatic rings. The highest BCUT2D eigenvalue weighted by atomic mass is 16.2. The van der Waals surface area contributed by atoms with Crippen molar-refractivity contribution in [1.82, 2.24) is 19.8 Å². The molecular formula is C21H26N6O2. The molecule has 0 saturated carbocycles. The average molecular weight is 394 g/mol. The molecule has 0 aliphatic carbocycles. The Morgan fingerprint density at radius 3 is 2.59 bits per heavy atom. The highest BCUT2D eigenvalue weighted by molar-refractivity contribution is 5.90. The molecule has 152 valence electrons. The summed E-state index contributed by atoms with van der Waals surface area (Å²) in [4.78, 5) is 38.7. The number of nitrogens with two attached hydrogens (primary N) is 1.